The van der Waals surface area contributed by atoms with Crippen LogP contribution in [0.2, 0.25) is 0 Å². The minimum Gasteiger partial charge on any atom is -0.353 e. The van der Waals surface area contributed by atoms with Gasteiger partial charge in [-0.2, -0.15) is 0 Å². The van der Waals surface area contributed by atoms with Crippen molar-refractivity contribution in [2.75, 3.05) is 31.1 Å². The van der Waals surface area contributed by atoms with Gasteiger partial charge in [-0.25, -0.2) is 9.97 Å². The van der Waals surface area contributed by atoms with Crippen LogP contribution >= 0.6 is 24.8 Å². The number of piperazine rings is 1. The second-order valence-electron chi connectivity index (χ2n) is 6.84. The van der Waals surface area contributed by atoms with Gasteiger partial charge in [0.25, 0.3) is 0 Å². The third kappa shape index (κ3) is 5.97. The van der Waals surface area contributed by atoms with Crippen LogP contribution < -0.4 is 10.6 Å². The Kier molecular flexibility index (Phi) is 9.69. The molecule has 1 aromatic rings. The topological polar surface area (TPSA) is 75.3 Å². The van der Waals surface area contributed by atoms with Gasteiger partial charge in [-0.15, -0.1) is 24.8 Å². The summed E-state index contributed by atoms with van der Waals surface area (Å²) in [5.74, 6) is 2.18. The highest BCUT2D eigenvalue weighted by molar-refractivity contribution is 5.85. The average molecular weight is 392 g/mol. The molecule has 0 radical (unpaired) electrons. The first-order valence-corrected chi connectivity index (χ1v) is 8.44. The first-order chi connectivity index (χ1) is 10.8. The Hall–Kier alpha value is -1.11. The fourth-order valence-electron chi connectivity index (χ4n) is 2.66. The van der Waals surface area contributed by atoms with Crippen LogP contribution in [-0.2, 0) is 4.79 Å². The van der Waals surface area contributed by atoms with E-state index in [4.69, 9.17) is 5.73 Å². The molecule has 6 nitrogen and oxygen atoms in total. The summed E-state index contributed by atoms with van der Waals surface area (Å²) >= 11 is 0. The van der Waals surface area contributed by atoms with Crippen molar-refractivity contribution in [1.82, 2.24) is 14.9 Å². The second kappa shape index (κ2) is 10.1. The van der Waals surface area contributed by atoms with Crippen molar-refractivity contribution < 1.29 is 4.79 Å². The van der Waals surface area contributed by atoms with E-state index in [1.807, 2.05) is 31.7 Å². The lowest BCUT2D eigenvalue weighted by molar-refractivity contribution is -0.135. The van der Waals surface area contributed by atoms with Gasteiger partial charge in [0.05, 0.1) is 5.92 Å². The molecule has 1 aromatic heterocycles. The van der Waals surface area contributed by atoms with Gasteiger partial charge >= 0.3 is 0 Å². The molecule has 2 N–H and O–H groups in total. The van der Waals surface area contributed by atoms with E-state index >= 15 is 0 Å². The van der Waals surface area contributed by atoms with Crippen molar-refractivity contribution in [3.05, 3.63) is 17.6 Å². The van der Waals surface area contributed by atoms with E-state index < -0.39 is 0 Å². The van der Waals surface area contributed by atoms with Crippen LogP contribution in [0, 0.1) is 12.8 Å². The van der Waals surface area contributed by atoms with Gasteiger partial charge in [0.15, 0.2) is 0 Å². The molecule has 1 aliphatic heterocycles. The lowest BCUT2D eigenvalue weighted by atomic mass is 10.0. The number of aryl methyl sites for hydroxylation is 1. The first-order valence-electron chi connectivity index (χ1n) is 8.44. The molecule has 0 bridgehead atoms. The third-order valence-corrected chi connectivity index (χ3v) is 4.47. The summed E-state index contributed by atoms with van der Waals surface area (Å²) < 4.78 is 0. The van der Waals surface area contributed by atoms with Crippen molar-refractivity contribution in [2.24, 2.45) is 11.7 Å². The zero-order valence-corrected chi connectivity index (χ0v) is 17.4. The molecule has 144 valence electrons. The third-order valence-electron chi connectivity index (χ3n) is 4.47. The van der Waals surface area contributed by atoms with Crippen LogP contribution in [0.1, 0.15) is 45.1 Å². The van der Waals surface area contributed by atoms with Crippen LogP contribution in [0.4, 0.5) is 5.82 Å². The fraction of sp³-hybridized carbons (Fsp3) is 0.706. The van der Waals surface area contributed by atoms with Crippen molar-refractivity contribution in [3.63, 3.8) is 0 Å². The van der Waals surface area contributed by atoms with E-state index in [2.05, 4.69) is 28.7 Å². The molecule has 0 aromatic carbocycles. The monoisotopic (exact) mass is 391 g/mol. The lowest BCUT2D eigenvalue weighted by Gasteiger charge is -2.37. The fourth-order valence-corrected chi connectivity index (χ4v) is 2.66. The SMILES string of the molecule is Cc1cc(N2CCN(C(=O)C(C)C(C)N)CC2)nc(C(C)C)n1.Cl.Cl. The Morgan fingerprint density at radius 1 is 1.08 bits per heavy atom. The number of halogens is 2. The van der Waals surface area contributed by atoms with Gasteiger partial charge in [0.1, 0.15) is 11.6 Å². The van der Waals surface area contributed by atoms with Crippen LogP contribution in [0.15, 0.2) is 6.07 Å². The van der Waals surface area contributed by atoms with Gasteiger partial charge in [0.2, 0.25) is 5.91 Å². The molecule has 0 spiro atoms. The molecule has 25 heavy (non-hydrogen) atoms. The molecule has 2 heterocycles. The van der Waals surface area contributed by atoms with E-state index in [9.17, 15) is 4.79 Å². The van der Waals surface area contributed by atoms with E-state index in [-0.39, 0.29) is 42.7 Å². The van der Waals surface area contributed by atoms with Crippen LogP contribution in [0.25, 0.3) is 0 Å². The quantitative estimate of drug-likeness (QED) is 0.852. The molecule has 2 rings (SSSR count). The number of carbonyl (C=O) groups excluding carboxylic acids is 1. The predicted octanol–water partition coefficient (Wildman–Crippen LogP) is 2.38. The largest absolute Gasteiger partial charge is 0.353 e. The molecular formula is C17H31Cl2N5O. The summed E-state index contributed by atoms with van der Waals surface area (Å²) in [6, 6.07) is 1.91. The van der Waals surface area contributed by atoms with E-state index in [0.717, 1.165) is 43.5 Å². The number of amides is 1. The standard InChI is InChI=1S/C17H29N5O.2ClH/c1-11(2)16-19-12(3)10-15(20-16)21-6-8-22(9-7-21)17(23)13(4)14(5)18;;/h10-11,13-14H,6-9,18H2,1-5H3;2*1H. The smallest absolute Gasteiger partial charge is 0.227 e. The van der Waals surface area contributed by atoms with Gasteiger partial charge in [0, 0.05) is 49.9 Å². The maximum Gasteiger partial charge on any atom is 0.227 e. The predicted molar refractivity (Wildman–Crippen MR) is 107 cm³/mol. The number of anilines is 1. The summed E-state index contributed by atoms with van der Waals surface area (Å²) in [6.45, 7) is 13.0. The van der Waals surface area contributed by atoms with Crippen molar-refractivity contribution in [3.8, 4) is 0 Å². The van der Waals surface area contributed by atoms with Crippen molar-refractivity contribution >= 4 is 36.5 Å². The van der Waals surface area contributed by atoms with Crippen LogP contribution in [0.5, 0.6) is 0 Å². The van der Waals surface area contributed by atoms with E-state index in [0.29, 0.717) is 5.92 Å². The molecule has 1 saturated heterocycles. The Morgan fingerprint density at radius 2 is 1.64 bits per heavy atom. The zero-order chi connectivity index (χ0) is 17.1. The molecule has 0 saturated carbocycles. The number of nitrogens with two attached hydrogens (primary N) is 1. The maximum absolute atomic E-state index is 12.4. The minimum absolute atomic E-state index is 0. The Labute approximate surface area is 163 Å². The molecule has 1 fully saturated rings. The van der Waals surface area contributed by atoms with Gasteiger partial charge < -0.3 is 15.5 Å². The molecule has 1 aliphatic rings. The number of hydrogen-bond acceptors (Lipinski definition) is 5. The molecule has 2 unspecified atom stereocenters. The summed E-state index contributed by atoms with van der Waals surface area (Å²) in [5.41, 5.74) is 6.84. The number of aromatic nitrogens is 2. The highest BCUT2D eigenvalue weighted by Gasteiger charge is 2.27. The Morgan fingerprint density at radius 3 is 2.12 bits per heavy atom. The van der Waals surface area contributed by atoms with Gasteiger partial charge in [-0.1, -0.05) is 20.8 Å². The summed E-state index contributed by atoms with van der Waals surface area (Å²) in [7, 11) is 0. The highest BCUT2D eigenvalue weighted by Crippen LogP contribution is 2.19. The van der Waals surface area contributed by atoms with Gasteiger partial charge in [-0.05, 0) is 13.8 Å². The molecule has 0 aliphatic carbocycles. The van der Waals surface area contributed by atoms with E-state index in [1.54, 1.807) is 0 Å². The number of hydrogen-bond donors (Lipinski definition) is 1. The first kappa shape index (κ1) is 23.9. The number of carbonyl (C=O) groups is 1. The van der Waals surface area contributed by atoms with Crippen molar-refractivity contribution in [1.29, 1.82) is 0 Å². The molecule has 8 heteroatoms. The molecule has 2 atom stereocenters. The summed E-state index contributed by atoms with van der Waals surface area (Å²) in [4.78, 5) is 25.7. The minimum atomic E-state index is -0.129. The second-order valence-corrected chi connectivity index (χ2v) is 6.84. The van der Waals surface area contributed by atoms with Crippen molar-refractivity contribution in [2.45, 2.75) is 46.6 Å². The zero-order valence-electron chi connectivity index (χ0n) is 15.7. The lowest BCUT2D eigenvalue weighted by Crippen LogP contribution is -2.52. The van der Waals surface area contributed by atoms with Gasteiger partial charge in [-0.3, -0.25) is 4.79 Å². The van der Waals surface area contributed by atoms with E-state index in [1.165, 1.54) is 0 Å². The normalized spacial score (nSPS) is 16.8. The maximum atomic E-state index is 12.4. The Balaban J connectivity index is 0.00000288. The Bertz CT molecular complexity index is 560. The average Bonchev–Trinajstić information content (AvgIpc) is 2.52. The number of rotatable bonds is 4. The summed E-state index contributed by atoms with van der Waals surface area (Å²) in [5, 5.41) is 0. The summed E-state index contributed by atoms with van der Waals surface area (Å²) in [6.07, 6.45) is 0. The number of nitrogens with zero attached hydrogens (tertiary/aromatic N) is 4. The van der Waals surface area contributed by atoms with Crippen LogP contribution in [0.3, 0.4) is 0 Å². The molecule has 1 amide bonds. The molecular weight excluding hydrogens is 361 g/mol. The van der Waals surface area contributed by atoms with Crippen LogP contribution in [-0.4, -0.2) is 53.0 Å². The highest BCUT2D eigenvalue weighted by atomic mass is 35.5.